The minimum atomic E-state index is -0.596. The van der Waals surface area contributed by atoms with E-state index in [1.807, 2.05) is 0 Å². The van der Waals surface area contributed by atoms with Crippen molar-refractivity contribution in [2.75, 3.05) is 6.54 Å². The van der Waals surface area contributed by atoms with Gasteiger partial charge in [0.15, 0.2) is 0 Å². The third-order valence-corrected chi connectivity index (χ3v) is 8.00. The summed E-state index contributed by atoms with van der Waals surface area (Å²) in [5, 5.41) is 9.00. The Morgan fingerprint density at radius 3 is 2.46 bits per heavy atom. The maximum atomic E-state index is 13.7. The van der Waals surface area contributed by atoms with Crippen LogP contribution in [0.5, 0.6) is 0 Å². The van der Waals surface area contributed by atoms with Gasteiger partial charge in [-0.3, -0.25) is 4.79 Å². The molecule has 4 rings (SSSR count). The van der Waals surface area contributed by atoms with Gasteiger partial charge in [0, 0.05) is 29.4 Å². The van der Waals surface area contributed by atoms with Crippen molar-refractivity contribution >= 4 is 17.2 Å². The molecule has 1 heterocycles. The Hall–Kier alpha value is -2.57. The average Bonchev–Trinajstić information content (AvgIpc) is 3.25. The highest BCUT2D eigenvalue weighted by atomic mass is 32.1. The highest BCUT2D eigenvalue weighted by Gasteiger charge is 2.33. The lowest BCUT2D eigenvalue weighted by atomic mass is 9.76. The summed E-state index contributed by atoms with van der Waals surface area (Å²) in [6, 6.07) is 14.5. The molecule has 3 nitrogen and oxygen atoms in total. The number of hydrogen-bond donors (Lipinski definition) is 2. The molecule has 0 aliphatic heterocycles. The molecule has 35 heavy (non-hydrogen) atoms. The van der Waals surface area contributed by atoms with E-state index in [2.05, 4.69) is 53.3 Å². The molecule has 0 spiro atoms. The van der Waals surface area contributed by atoms with Gasteiger partial charge in [-0.2, -0.15) is 0 Å². The van der Waals surface area contributed by atoms with Crippen molar-refractivity contribution in [3.8, 4) is 10.4 Å². The third kappa shape index (κ3) is 6.77. The zero-order valence-corrected chi connectivity index (χ0v) is 21.3. The molecule has 0 unspecified atom stereocenters. The molecule has 2 N–H and O–H groups in total. The Morgan fingerprint density at radius 2 is 1.80 bits per heavy atom. The lowest BCUT2D eigenvalue weighted by molar-refractivity contribution is -0.119. The minimum Gasteiger partial charge on any atom is -0.353 e. The maximum absolute atomic E-state index is 13.7. The van der Waals surface area contributed by atoms with Gasteiger partial charge >= 0.3 is 0 Å². The van der Waals surface area contributed by atoms with E-state index in [0.717, 1.165) is 18.9 Å². The minimum absolute atomic E-state index is 0.105. The van der Waals surface area contributed by atoms with Crippen molar-refractivity contribution in [2.45, 2.75) is 70.4 Å². The number of hydrogen-bond acceptors (Lipinski definition) is 3. The first-order valence-electron chi connectivity index (χ1n) is 12.5. The Bertz CT molecular complexity index is 1130. The molecular formula is C29H34F2N2OS. The van der Waals surface area contributed by atoms with Gasteiger partial charge in [0.05, 0.1) is 0 Å². The molecule has 0 bridgehead atoms. The van der Waals surface area contributed by atoms with Gasteiger partial charge in [-0.1, -0.05) is 37.5 Å². The summed E-state index contributed by atoms with van der Waals surface area (Å²) in [5.41, 5.74) is 4.28. The standard InChI is InChI=1S/C29H34F2N2OS/c1-20-13-28(35-19-20)23-7-6-8-24(17-23)29(10-4-3-5-11-29)32-12-9-27(33-21(2)34)16-22-14-25(30)18-26(31)15-22/h6-8,13-15,17-19,27,32H,3-5,9-12,16H2,1-2H3,(H,33,34)/t27-/m1/s1. The molecular weight excluding hydrogens is 462 g/mol. The van der Waals surface area contributed by atoms with Crippen molar-refractivity contribution in [1.29, 1.82) is 0 Å². The number of nitrogens with one attached hydrogen (secondary N) is 2. The fraction of sp³-hybridized carbons (Fsp3) is 0.414. The fourth-order valence-corrected chi connectivity index (χ4v) is 6.19. The number of rotatable bonds is 9. The summed E-state index contributed by atoms with van der Waals surface area (Å²) in [6.45, 7) is 4.30. The van der Waals surface area contributed by atoms with E-state index in [9.17, 15) is 13.6 Å². The molecule has 0 radical (unpaired) electrons. The zero-order chi connectivity index (χ0) is 24.8. The summed E-state index contributed by atoms with van der Waals surface area (Å²) in [5.74, 6) is -1.33. The zero-order valence-electron chi connectivity index (χ0n) is 20.5. The van der Waals surface area contributed by atoms with E-state index in [4.69, 9.17) is 0 Å². The van der Waals surface area contributed by atoms with Crippen LogP contribution in [0.25, 0.3) is 10.4 Å². The number of amides is 1. The van der Waals surface area contributed by atoms with Crippen LogP contribution in [0.2, 0.25) is 0 Å². The Balaban J connectivity index is 1.49. The van der Waals surface area contributed by atoms with Crippen LogP contribution in [-0.2, 0) is 16.8 Å². The van der Waals surface area contributed by atoms with Crippen LogP contribution >= 0.6 is 11.3 Å². The van der Waals surface area contributed by atoms with E-state index >= 15 is 0 Å². The van der Waals surface area contributed by atoms with Gasteiger partial charge in [-0.25, -0.2) is 8.78 Å². The lowest BCUT2D eigenvalue weighted by Crippen LogP contribution is -2.46. The van der Waals surface area contributed by atoms with Gasteiger partial charge in [0.25, 0.3) is 0 Å². The van der Waals surface area contributed by atoms with E-state index in [0.29, 0.717) is 24.9 Å². The van der Waals surface area contributed by atoms with E-state index in [1.165, 1.54) is 59.9 Å². The van der Waals surface area contributed by atoms with Crippen LogP contribution < -0.4 is 10.6 Å². The van der Waals surface area contributed by atoms with Gasteiger partial charge < -0.3 is 10.6 Å². The number of thiophene rings is 1. The number of carbonyl (C=O) groups is 1. The monoisotopic (exact) mass is 496 g/mol. The Kier molecular flexibility index (Phi) is 8.34. The van der Waals surface area contributed by atoms with Crippen molar-refractivity contribution in [1.82, 2.24) is 10.6 Å². The van der Waals surface area contributed by atoms with Crippen LogP contribution in [0.1, 0.15) is 62.1 Å². The molecule has 1 amide bonds. The number of benzene rings is 2. The van der Waals surface area contributed by atoms with E-state index in [-0.39, 0.29) is 17.5 Å². The predicted octanol–water partition coefficient (Wildman–Crippen LogP) is 6.89. The molecule has 0 saturated heterocycles. The first kappa shape index (κ1) is 25.5. The van der Waals surface area contributed by atoms with Crippen LogP contribution in [0.3, 0.4) is 0 Å². The molecule has 1 aromatic heterocycles. The molecule has 186 valence electrons. The Morgan fingerprint density at radius 1 is 1.06 bits per heavy atom. The molecule has 1 aliphatic rings. The average molecular weight is 497 g/mol. The van der Waals surface area contributed by atoms with E-state index in [1.54, 1.807) is 11.3 Å². The molecule has 3 aromatic rings. The van der Waals surface area contributed by atoms with Gasteiger partial charge in [-0.15, -0.1) is 11.3 Å². The third-order valence-electron chi connectivity index (χ3n) is 6.91. The van der Waals surface area contributed by atoms with Crippen molar-refractivity contribution in [2.24, 2.45) is 0 Å². The molecule has 2 aromatic carbocycles. The SMILES string of the molecule is CC(=O)N[C@H](CCNC1(c2cccc(-c3cc(C)cs3)c2)CCCCC1)Cc1cc(F)cc(F)c1. The van der Waals surface area contributed by atoms with Crippen LogP contribution in [0, 0.1) is 18.6 Å². The lowest BCUT2D eigenvalue weighted by Gasteiger charge is -2.39. The molecule has 6 heteroatoms. The number of carbonyl (C=O) groups excluding carboxylic acids is 1. The highest BCUT2D eigenvalue weighted by Crippen LogP contribution is 2.39. The smallest absolute Gasteiger partial charge is 0.217 e. The molecule has 1 atom stereocenters. The first-order chi connectivity index (χ1) is 16.8. The first-order valence-corrected chi connectivity index (χ1v) is 13.3. The molecule has 1 fully saturated rings. The summed E-state index contributed by atoms with van der Waals surface area (Å²) >= 11 is 1.77. The molecule has 1 saturated carbocycles. The Labute approximate surface area is 211 Å². The van der Waals surface area contributed by atoms with E-state index < -0.39 is 11.6 Å². The quantitative estimate of drug-likeness (QED) is 0.339. The second-order valence-corrected chi connectivity index (χ2v) is 10.7. The summed E-state index contributed by atoms with van der Waals surface area (Å²) in [7, 11) is 0. The van der Waals surface area contributed by atoms with Crippen molar-refractivity contribution in [3.05, 3.63) is 82.2 Å². The summed E-state index contributed by atoms with van der Waals surface area (Å²) in [4.78, 5) is 13.1. The topological polar surface area (TPSA) is 41.1 Å². The van der Waals surface area contributed by atoms with Gasteiger partial charge in [0.1, 0.15) is 11.6 Å². The second-order valence-electron chi connectivity index (χ2n) is 9.81. The van der Waals surface area contributed by atoms with Crippen LogP contribution in [-0.4, -0.2) is 18.5 Å². The van der Waals surface area contributed by atoms with Gasteiger partial charge in [-0.05, 0) is 91.1 Å². The van der Waals surface area contributed by atoms with Crippen LogP contribution in [0.4, 0.5) is 8.78 Å². The van der Waals surface area contributed by atoms with Crippen molar-refractivity contribution in [3.63, 3.8) is 0 Å². The fourth-order valence-electron chi connectivity index (χ4n) is 5.29. The maximum Gasteiger partial charge on any atom is 0.217 e. The highest BCUT2D eigenvalue weighted by molar-refractivity contribution is 7.13. The number of aryl methyl sites for hydroxylation is 1. The number of halogens is 2. The molecule has 1 aliphatic carbocycles. The normalized spacial score (nSPS) is 16.1. The summed E-state index contributed by atoms with van der Waals surface area (Å²) in [6.07, 6.45) is 6.78. The largest absolute Gasteiger partial charge is 0.353 e. The van der Waals surface area contributed by atoms with Crippen LogP contribution in [0.15, 0.2) is 53.9 Å². The predicted molar refractivity (Wildman–Crippen MR) is 140 cm³/mol. The van der Waals surface area contributed by atoms with Gasteiger partial charge in [0.2, 0.25) is 5.91 Å². The summed E-state index contributed by atoms with van der Waals surface area (Å²) < 4.78 is 27.4. The second kappa shape index (κ2) is 11.4. The van der Waals surface area contributed by atoms with Crippen molar-refractivity contribution < 1.29 is 13.6 Å².